The van der Waals surface area contributed by atoms with E-state index in [1.54, 1.807) is 27.7 Å². The number of fused-ring (bicyclic) bond motifs is 1. The second kappa shape index (κ2) is 8.93. The molecule has 0 saturated carbocycles. The van der Waals surface area contributed by atoms with Crippen molar-refractivity contribution >= 4 is 45.9 Å². The van der Waals surface area contributed by atoms with Gasteiger partial charge in [-0.25, -0.2) is 4.98 Å². The molecule has 0 unspecified atom stereocenters. The predicted molar refractivity (Wildman–Crippen MR) is 124 cm³/mol. The zero-order valence-electron chi connectivity index (χ0n) is 17.5. The van der Waals surface area contributed by atoms with Gasteiger partial charge in [0.2, 0.25) is 11.8 Å². The van der Waals surface area contributed by atoms with Crippen molar-refractivity contribution in [1.29, 1.82) is 0 Å². The first-order chi connectivity index (χ1) is 14.9. The van der Waals surface area contributed by atoms with E-state index in [1.165, 1.54) is 11.8 Å². The van der Waals surface area contributed by atoms with Gasteiger partial charge in [0, 0.05) is 30.4 Å². The van der Waals surface area contributed by atoms with E-state index in [-0.39, 0.29) is 29.2 Å². The van der Waals surface area contributed by atoms with Crippen LogP contribution in [0.3, 0.4) is 0 Å². The lowest BCUT2D eigenvalue weighted by Gasteiger charge is -2.17. The Morgan fingerprint density at radius 2 is 1.97 bits per heavy atom. The van der Waals surface area contributed by atoms with E-state index in [2.05, 4.69) is 10.3 Å². The minimum atomic E-state index is -0.201. The lowest BCUT2D eigenvalue weighted by molar-refractivity contribution is -0.117. The number of hydrogen-bond acceptors (Lipinski definition) is 5. The number of carbonyl (C=O) groups is 2. The second-order valence-electron chi connectivity index (χ2n) is 7.72. The summed E-state index contributed by atoms with van der Waals surface area (Å²) < 4.78 is 1.62. The first-order valence-electron chi connectivity index (χ1n) is 10.3. The predicted octanol–water partition coefficient (Wildman–Crippen LogP) is 3.84. The third-order valence-corrected chi connectivity index (χ3v) is 6.09. The molecule has 31 heavy (non-hydrogen) atoms. The van der Waals surface area contributed by atoms with Gasteiger partial charge in [-0.2, -0.15) is 0 Å². The number of hydrogen-bond donors (Lipinski definition) is 1. The van der Waals surface area contributed by atoms with E-state index >= 15 is 0 Å². The average molecular weight is 437 g/mol. The number of nitrogens with one attached hydrogen (secondary N) is 1. The van der Waals surface area contributed by atoms with Crippen molar-refractivity contribution < 1.29 is 9.59 Å². The third kappa shape index (κ3) is 4.49. The molecule has 1 aliphatic rings. The smallest absolute Gasteiger partial charge is 0.262 e. The molecular weight excluding hydrogens is 412 g/mol. The Balaban J connectivity index is 1.49. The number of anilines is 2. The molecule has 1 N–H and O–H groups in total. The number of para-hydroxylation sites is 1. The van der Waals surface area contributed by atoms with Crippen molar-refractivity contribution in [2.75, 3.05) is 22.5 Å². The zero-order valence-corrected chi connectivity index (χ0v) is 18.3. The van der Waals surface area contributed by atoms with Gasteiger partial charge < -0.3 is 10.2 Å². The van der Waals surface area contributed by atoms with Crippen LogP contribution in [-0.4, -0.2) is 33.7 Å². The Hall–Kier alpha value is -3.13. The molecule has 2 aromatic carbocycles. The summed E-state index contributed by atoms with van der Waals surface area (Å²) in [5, 5.41) is 3.97. The Bertz CT molecular complexity index is 1200. The van der Waals surface area contributed by atoms with Crippen molar-refractivity contribution in [2.24, 2.45) is 0 Å². The summed E-state index contributed by atoms with van der Waals surface area (Å²) >= 11 is 1.24. The van der Waals surface area contributed by atoms with E-state index in [0.29, 0.717) is 34.7 Å². The van der Waals surface area contributed by atoms with Crippen LogP contribution in [0, 0.1) is 0 Å². The van der Waals surface area contributed by atoms with Gasteiger partial charge in [-0.15, -0.1) is 0 Å². The highest BCUT2D eigenvalue weighted by Crippen LogP contribution is 2.25. The number of nitrogens with zero attached hydrogens (tertiary/aromatic N) is 3. The van der Waals surface area contributed by atoms with E-state index in [1.807, 2.05) is 44.2 Å². The van der Waals surface area contributed by atoms with E-state index in [9.17, 15) is 14.4 Å². The van der Waals surface area contributed by atoms with E-state index in [0.717, 1.165) is 12.1 Å². The number of rotatable bonds is 6. The van der Waals surface area contributed by atoms with Gasteiger partial charge >= 0.3 is 0 Å². The molecule has 0 radical (unpaired) electrons. The SMILES string of the molecule is CC(C)n1c(SCC(=O)Nc2cccc(N3CCCC3=O)c2)nc2ccccc2c1=O. The molecule has 2 heterocycles. The largest absolute Gasteiger partial charge is 0.325 e. The fourth-order valence-corrected chi connectivity index (χ4v) is 4.61. The standard InChI is InChI=1S/C23H24N4O3S/c1-15(2)27-22(30)18-9-3-4-10-19(18)25-23(27)31-14-20(28)24-16-7-5-8-17(13-16)26-12-6-11-21(26)29/h3-5,7-10,13,15H,6,11-12,14H2,1-2H3,(H,24,28). The molecule has 2 amide bonds. The van der Waals surface area contributed by atoms with Gasteiger partial charge in [0.1, 0.15) is 0 Å². The molecule has 0 spiro atoms. The summed E-state index contributed by atoms with van der Waals surface area (Å²) in [6, 6.07) is 14.5. The van der Waals surface area contributed by atoms with E-state index < -0.39 is 0 Å². The number of benzene rings is 2. The molecule has 0 bridgehead atoms. The van der Waals surface area contributed by atoms with Crippen LogP contribution in [0.5, 0.6) is 0 Å². The maximum absolute atomic E-state index is 12.9. The van der Waals surface area contributed by atoms with Gasteiger partial charge in [-0.1, -0.05) is 30.0 Å². The molecule has 1 aromatic heterocycles. The van der Waals surface area contributed by atoms with Crippen molar-refractivity contribution in [3.63, 3.8) is 0 Å². The lowest BCUT2D eigenvalue weighted by Crippen LogP contribution is -2.26. The van der Waals surface area contributed by atoms with Crippen LogP contribution in [0.25, 0.3) is 10.9 Å². The molecule has 7 nitrogen and oxygen atoms in total. The Kier molecular flexibility index (Phi) is 6.08. The number of thioether (sulfide) groups is 1. The first kappa shape index (κ1) is 21.1. The maximum Gasteiger partial charge on any atom is 0.262 e. The summed E-state index contributed by atoms with van der Waals surface area (Å²) in [6.45, 7) is 4.55. The highest BCUT2D eigenvalue weighted by molar-refractivity contribution is 7.99. The molecule has 160 valence electrons. The molecule has 0 aliphatic carbocycles. The number of amides is 2. The Labute approximate surface area is 184 Å². The molecule has 1 aliphatic heterocycles. The van der Waals surface area contributed by atoms with Crippen LogP contribution in [0.2, 0.25) is 0 Å². The van der Waals surface area contributed by atoms with Crippen LogP contribution in [0.1, 0.15) is 32.7 Å². The van der Waals surface area contributed by atoms with Gasteiger partial charge in [-0.3, -0.25) is 19.0 Å². The summed E-state index contributed by atoms with van der Waals surface area (Å²) in [5.74, 6) is 0.0189. The van der Waals surface area contributed by atoms with Gasteiger partial charge in [0.25, 0.3) is 5.56 Å². The normalized spacial score (nSPS) is 13.9. The average Bonchev–Trinajstić information content (AvgIpc) is 3.18. The monoisotopic (exact) mass is 436 g/mol. The van der Waals surface area contributed by atoms with Crippen LogP contribution in [0.4, 0.5) is 11.4 Å². The fourth-order valence-electron chi connectivity index (χ4n) is 3.68. The molecule has 3 aromatic rings. The Morgan fingerprint density at radius 1 is 1.16 bits per heavy atom. The van der Waals surface area contributed by atoms with Crippen LogP contribution in [-0.2, 0) is 9.59 Å². The minimum absolute atomic E-state index is 0.0788. The second-order valence-corrected chi connectivity index (χ2v) is 8.66. The van der Waals surface area contributed by atoms with Crippen LogP contribution >= 0.6 is 11.8 Å². The summed E-state index contributed by atoms with van der Waals surface area (Å²) in [5.41, 5.74) is 1.94. The third-order valence-electron chi connectivity index (χ3n) is 5.14. The number of carbonyl (C=O) groups excluding carboxylic acids is 2. The fraction of sp³-hybridized carbons (Fsp3) is 0.304. The molecule has 4 rings (SSSR count). The molecule has 8 heteroatoms. The van der Waals surface area contributed by atoms with Crippen LogP contribution < -0.4 is 15.8 Å². The molecule has 1 fully saturated rings. The van der Waals surface area contributed by atoms with Gasteiger partial charge in [0.05, 0.1) is 16.7 Å². The summed E-state index contributed by atoms with van der Waals surface area (Å²) in [7, 11) is 0. The minimum Gasteiger partial charge on any atom is -0.325 e. The van der Waals surface area contributed by atoms with Gasteiger partial charge in [0.15, 0.2) is 5.16 Å². The molecule has 0 atom stereocenters. The lowest BCUT2D eigenvalue weighted by atomic mass is 10.2. The quantitative estimate of drug-likeness (QED) is 0.469. The highest BCUT2D eigenvalue weighted by Gasteiger charge is 2.22. The first-order valence-corrected chi connectivity index (χ1v) is 11.3. The molecular formula is C23H24N4O3S. The molecule has 1 saturated heterocycles. The summed E-state index contributed by atoms with van der Waals surface area (Å²) in [6.07, 6.45) is 1.41. The summed E-state index contributed by atoms with van der Waals surface area (Å²) in [4.78, 5) is 43.8. The zero-order chi connectivity index (χ0) is 22.0. The van der Waals surface area contributed by atoms with Crippen molar-refractivity contribution in [2.45, 2.75) is 37.9 Å². The van der Waals surface area contributed by atoms with Crippen molar-refractivity contribution in [1.82, 2.24) is 9.55 Å². The van der Waals surface area contributed by atoms with Gasteiger partial charge in [-0.05, 0) is 50.6 Å². The highest BCUT2D eigenvalue weighted by atomic mass is 32.2. The topological polar surface area (TPSA) is 84.3 Å². The van der Waals surface area contributed by atoms with Crippen molar-refractivity contribution in [3.8, 4) is 0 Å². The maximum atomic E-state index is 12.9. The number of aromatic nitrogens is 2. The van der Waals surface area contributed by atoms with E-state index in [4.69, 9.17) is 0 Å². The van der Waals surface area contributed by atoms with Crippen LogP contribution in [0.15, 0.2) is 58.5 Å². The van der Waals surface area contributed by atoms with Crippen molar-refractivity contribution in [3.05, 3.63) is 58.9 Å². The Morgan fingerprint density at radius 3 is 2.71 bits per heavy atom.